The lowest BCUT2D eigenvalue weighted by molar-refractivity contribution is -0.254. The lowest BCUT2D eigenvalue weighted by Gasteiger charge is -2.09. The highest BCUT2D eigenvalue weighted by molar-refractivity contribution is 7.15. The first-order valence-corrected chi connectivity index (χ1v) is 7.21. The number of amides is 1. The Bertz CT molecular complexity index is 698. The van der Waals surface area contributed by atoms with E-state index in [9.17, 15) is 14.7 Å². The molecule has 5 heteroatoms. The summed E-state index contributed by atoms with van der Waals surface area (Å²) in [6, 6.07) is 9.14. The van der Waals surface area contributed by atoms with E-state index in [-0.39, 0.29) is 16.5 Å². The van der Waals surface area contributed by atoms with E-state index in [4.69, 9.17) is 0 Å². The normalized spacial score (nSPS) is 10.0. The third kappa shape index (κ3) is 3.58. The van der Waals surface area contributed by atoms with Gasteiger partial charge in [0.05, 0.1) is 5.97 Å². The van der Waals surface area contributed by atoms with Gasteiger partial charge in [0.1, 0.15) is 5.00 Å². The zero-order valence-corrected chi connectivity index (χ0v) is 12.5. The summed E-state index contributed by atoms with van der Waals surface area (Å²) in [6.07, 6.45) is 1.42. The fourth-order valence-corrected chi connectivity index (χ4v) is 2.85. The third-order valence-corrected chi connectivity index (χ3v) is 3.63. The Kier molecular flexibility index (Phi) is 4.55. The van der Waals surface area contributed by atoms with Crippen LogP contribution in [0, 0.1) is 0 Å². The van der Waals surface area contributed by atoms with Crippen LogP contribution in [0.5, 0.6) is 0 Å². The van der Waals surface area contributed by atoms with Crippen molar-refractivity contribution in [2.45, 2.75) is 13.8 Å². The molecule has 1 N–H and O–H groups in total. The number of carbonyl (C=O) groups is 2. The molecule has 0 saturated carbocycles. The van der Waals surface area contributed by atoms with Gasteiger partial charge < -0.3 is 15.2 Å². The number of anilines is 1. The van der Waals surface area contributed by atoms with Gasteiger partial charge >= 0.3 is 0 Å². The standard InChI is InChI=1S/C16H15NO3S/c1-10(2)8-13(18)17-15-14(16(19)20)12(9-21-15)11-6-4-3-5-7-11/h3-9H,1-2H3,(H,17,18)(H,19,20)/p-1. The molecular formula is C16H14NO3S-. The summed E-state index contributed by atoms with van der Waals surface area (Å²) in [7, 11) is 0. The van der Waals surface area contributed by atoms with Crippen LogP contribution in [-0.4, -0.2) is 11.9 Å². The van der Waals surface area contributed by atoms with Gasteiger partial charge in [-0.15, -0.1) is 11.3 Å². The second-order valence-electron chi connectivity index (χ2n) is 4.72. The maximum atomic E-state index is 11.7. The minimum atomic E-state index is -1.30. The average Bonchev–Trinajstić information content (AvgIpc) is 2.82. The number of nitrogens with one attached hydrogen (secondary N) is 1. The second kappa shape index (κ2) is 6.37. The largest absolute Gasteiger partial charge is 0.545 e. The molecule has 21 heavy (non-hydrogen) atoms. The molecule has 1 aromatic carbocycles. The number of carbonyl (C=O) groups excluding carboxylic acids is 2. The molecule has 108 valence electrons. The molecule has 0 saturated heterocycles. The van der Waals surface area contributed by atoms with Crippen molar-refractivity contribution in [3.8, 4) is 11.1 Å². The Morgan fingerprint density at radius 2 is 1.86 bits per heavy atom. The number of hydrogen-bond acceptors (Lipinski definition) is 4. The van der Waals surface area contributed by atoms with Crippen LogP contribution in [-0.2, 0) is 4.79 Å². The number of carboxylic acids is 1. The van der Waals surface area contributed by atoms with Crippen LogP contribution in [0.2, 0.25) is 0 Å². The number of allylic oxidation sites excluding steroid dienone is 1. The van der Waals surface area contributed by atoms with Crippen molar-refractivity contribution in [2.75, 3.05) is 5.32 Å². The molecule has 4 nitrogen and oxygen atoms in total. The van der Waals surface area contributed by atoms with Crippen LogP contribution in [0.3, 0.4) is 0 Å². The van der Waals surface area contributed by atoms with Gasteiger partial charge in [0.15, 0.2) is 0 Å². The second-order valence-corrected chi connectivity index (χ2v) is 5.60. The molecular weight excluding hydrogens is 286 g/mol. The van der Waals surface area contributed by atoms with Crippen LogP contribution in [0.1, 0.15) is 24.2 Å². The Balaban J connectivity index is 2.41. The fourth-order valence-electron chi connectivity index (χ4n) is 1.89. The van der Waals surface area contributed by atoms with Gasteiger partial charge in [0.25, 0.3) is 0 Å². The van der Waals surface area contributed by atoms with Gasteiger partial charge in [-0.05, 0) is 19.4 Å². The molecule has 0 spiro atoms. The smallest absolute Gasteiger partial charge is 0.248 e. The van der Waals surface area contributed by atoms with E-state index in [1.807, 2.05) is 30.3 Å². The van der Waals surface area contributed by atoms with E-state index >= 15 is 0 Å². The lowest BCUT2D eigenvalue weighted by Crippen LogP contribution is -2.24. The quantitative estimate of drug-likeness (QED) is 0.883. The first-order valence-electron chi connectivity index (χ1n) is 6.33. The van der Waals surface area contributed by atoms with Crippen molar-refractivity contribution >= 4 is 28.2 Å². The number of benzene rings is 1. The van der Waals surface area contributed by atoms with Crippen LogP contribution in [0.25, 0.3) is 11.1 Å². The Morgan fingerprint density at radius 3 is 2.43 bits per heavy atom. The molecule has 0 bridgehead atoms. The molecule has 2 rings (SSSR count). The minimum Gasteiger partial charge on any atom is -0.545 e. The zero-order valence-electron chi connectivity index (χ0n) is 11.7. The van der Waals surface area contributed by atoms with Crippen molar-refractivity contribution in [3.63, 3.8) is 0 Å². The Hall–Kier alpha value is -2.40. The maximum Gasteiger partial charge on any atom is 0.248 e. The number of thiophene rings is 1. The van der Waals surface area contributed by atoms with E-state index in [1.165, 1.54) is 17.4 Å². The Labute approximate surface area is 126 Å². The molecule has 0 atom stereocenters. The predicted octanol–water partition coefficient (Wildman–Crippen LogP) is 2.68. The van der Waals surface area contributed by atoms with Gasteiger partial charge in [-0.2, -0.15) is 0 Å². The summed E-state index contributed by atoms with van der Waals surface area (Å²) >= 11 is 1.17. The number of carboxylic acid groups (broad SMARTS) is 1. The molecule has 0 radical (unpaired) electrons. The fraction of sp³-hybridized carbons (Fsp3) is 0.125. The highest BCUT2D eigenvalue weighted by Gasteiger charge is 2.15. The molecule has 0 fully saturated rings. The summed E-state index contributed by atoms with van der Waals surface area (Å²) in [5, 5.41) is 16.0. The van der Waals surface area contributed by atoms with Crippen molar-refractivity contribution in [1.29, 1.82) is 0 Å². The van der Waals surface area contributed by atoms with Crippen LogP contribution < -0.4 is 10.4 Å². The molecule has 0 unspecified atom stereocenters. The van der Waals surface area contributed by atoms with Gasteiger partial charge in [-0.25, -0.2) is 0 Å². The number of aromatic carboxylic acids is 1. The monoisotopic (exact) mass is 300 g/mol. The molecule has 1 heterocycles. The van der Waals surface area contributed by atoms with Crippen molar-refractivity contribution in [3.05, 3.63) is 52.9 Å². The zero-order chi connectivity index (χ0) is 15.4. The molecule has 1 amide bonds. The summed E-state index contributed by atoms with van der Waals surface area (Å²) in [4.78, 5) is 23.2. The summed E-state index contributed by atoms with van der Waals surface area (Å²) < 4.78 is 0. The highest BCUT2D eigenvalue weighted by Crippen LogP contribution is 2.35. The van der Waals surface area contributed by atoms with Crippen molar-refractivity contribution < 1.29 is 14.7 Å². The minimum absolute atomic E-state index is 0.0155. The molecule has 0 aliphatic heterocycles. The van der Waals surface area contributed by atoms with E-state index in [0.29, 0.717) is 5.56 Å². The lowest BCUT2D eigenvalue weighted by atomic mass is 10.0. The average molecular weight is 300 g/mol. The summed E-state index contributed by atoms with van der Waals surface area (Å²) in [5.41, 5.74) is 2.17. The molecule has 1 aromatic heterocycles. The first kappa shape index (κ1) is 15.0. The molecule has 0 aliphatic carbocycles. The third-order valence-electron chi connectivity index (χ3n) is 2.74. The number of rotatable bonds is 4. The van der Waals surface area contributed by atoms with Crippen LogP contribution in [0.15, 0.2) is 47.4 Å². The number of hydrogen-bond donors (Lipinski definition) is 1. The maximum absolute atomic E-state index is 11.7. The van der Waals surface area contributed by atoms with Crippen LogP contribution >= 0.6 is 11.3 Å². The highest BCUT2D eigenvalue weighted by atomic mass is 32.1. The van der Waals surface area contributed by atoms with E-state index < -0.39 is 5.97 Å². The van der Waals surface area contributed by atoms with Crippen LogP contribution in [0.4, 0.5) is 5.00 Å². The van der Waals surface area contributed by atoms with E-state index in [0.717, 1.165) is 11.1 Å². The van der Waals surface area contributed by atoms with Gasteiger partial charge in [0.2, 0.25) is 5.91 Å². The molecule has 2 aromatic rings. The predicted molar refractivity (Wildman–Crippen MR) is 82.1 cm³/mol. The topological polar surface area (TPSA) is 69.2 Å². The van der Waals surface area contributed by atoms with Gasteiger partial charge in [-0.3, -0.25) is 4.79 Å². The van der Waals surface area contributed by atoms with E-state index in [2.05, 4.69) is 5.32 Å². The van der Waals surface area contributed by atoms with Crippen molar-refractivity contribution in [2.24, 2.45) is 0 Å². The summed E-state index contributed by atoms with van der Waals surface area (Å²) in [5.74, 6) is -1.65. The van der Waals surface area contributed by atoms with Gasteiger partial charge in [0, 0.05) is 22.6 Å². The summed E-state index contributed by atoms with van der Waals surface area (Å²) in [6.45, 7) is 3.59. The SMILES string of the molecule is CC(C)=CC(=O)Nc1scc(-c2ccccc2)c1C(=O)[O-]. The molecule has 0 aliphatic rings. The van der Waals surface area contributed by atoms with Gasteiger partial charge in [-0.1, -0.05) is 35.9 Å². The van der Waals surface area contributed by atoms with E-state index in [1.54, 1.807) is 19.2 Å². The van der Waals surface area contributed by atoms with Crippen molar-refractivity contribution in [1.82, 2.24) is 0 Å². The first-order chi connectivity index (χ1) is 9.99. The Morgan fingerprint density at radius 1 is 1.19 bits per heavy atom.